The van der Waals surface area contributed by atoms with Crippen molar-refractivity contribution >= 4 is 39.2 Å². The second-order valence-electron chi connectivity index (χ2n) is 7.41. The number of hydrogen-bond acceptors (Lipinski definition) is 6. The molecule has 2 amide bonds. The van der Waals surface area contributed by atoms with Gasteiger partial charge in [-0.05, 0) is 29.8 Å². The first-order valence-corrected chi connectivity index (χ1v) is 11.2. The van der Waals surface area contributed by atoms with Crippen molar-refractivity contribution in [3.63, 3.8) is 0 Å². The molecule has 4 rings (SSSR count). The molecular formula is C24H24N4O4S. The van der Waals surface area contributed by atoms with Crippen molar-refractivity contribution in [1.29, 1.82) is 0 Å². The van der Waals surface area contributed by atoms with E-state index in [9.17, 15) is 9.59 Å². The minimum Gasteiger partial charge on any atom is -0.497 e. The van der Waals surface area contributed by atoms with E-state index in [0.717, 1.165) is 22.0 Å². The van der Waals surface area contributed by atoms with Gasteiger partial charge in [0.05, 0.1) is 19.9 Å². The third-order valence-corrected chi connectivity index (χ3v) is 5.97. The number of nitrogens with zero attached hydrogens (tertiary/aromatic N) is 1. The van der Waals surface area contributed by atoms with E-state index < -0.39 is 6.04 Å². The van der Waals surface area contributed by atoms with E-state index in [1.807, 2.05) is 41.9 Å². The molecule has 33 heavy (non-hydrogen) atoms. The van der Waals surface area contributed by atoms with E-state index in [4.69, 9.17) is 9.47 Å². The van der Waals surface area contributed by atoms with Crippen LogP contribution in [-0.2, 0) is 16.0 Å². The Hall–Kier alpha value is -3.85. The van der Waals surface area contributed by atoms with E-state index in [-0.39, 0.29) is 11.8 Å². The molecule has 9 heteroatoms. The second-order valence-corrected chi connectivity index (χ2v) is 8.27. The fourth-order valence-electron chi connectivity index (χ4n) is 3.64. The Labute approximate surface area is 195 Å². The van der Waals surface area contributed by atoms with Gasteiger partial charge in [-0.2, -0.15) is 0 Å². The molecule has 1 atom stereocenters. The Morgan fingerprint density at radius 1 is 1.15 bits per heavy atom. The molecule has 2 aromatic carbocycles. The van der Waals surface area contributed by atoms with Gasteiger partial charge in [0.25, 0.3) is 0 Å². The van der Waals surface area contributed by atoms with Crippen LogP contribution in [0.25, 0.3) is 22.2 Å². The number of para-hydroxylation sites is 1. The third kappa shape index (κ3) is 4.98. The van der Waals surface area contributed by atoms with Crippen molar-refractivity contribution in [2.45, 2.75) is 19.4 Å². The quantitative estimate of drug-likeness (QED) is 0.366. The number of benzene rings is 2. The van der Waals surface area contributed by atoms with Crippen LogP contribution in [-0.4, -0.2) is 42.0 Å². The van der Waals surface area contributed by atoms with Crippen LogP contribution >= 0.6 is 11.3 Å². The number of carbonyl (C=O) groups excluding carboxylic acids is 2. The van der Waals surface area contributed by atoms with Crippen LogP contribution < -0.4 is 20.1 Å². The number of thiazole rings is 1. The minimum absolute atomic E-state index is 0.282. The van der Waals surface area contributed by atoms with Gasteiger partial charge in [0.1, 0.15) is 17.5 Å². The lowest BCUT2D eigenvalue weighted by Crippen LogP contribution is -2.44. The van der Waals surface area contributed by atoms with Crippen LogP contribution in [0.1, 0.15) is 12.5 Å². The summed E-state index contributed by atoms with van der Waals surface area (Å²) in [5, 5.41) is 8.86. The summed E-state index contributed by atoms with van der Waals surface area (Å²) in [5.41, 5.74) is 3.33. The zero-order valence-corrected chi connectivity index (χ0v) is 19.3. The number of hydrogen-bond donors (Lipinski definition) is 3. The van der Waals surface area contributed by atoms with E-state index >= 15 is 0 Å². The van der Waals surface area contributed by atoms with E-state index in [1.54, 1.807) is 26.4 Å². The molecule has 1 unspecified atom stereocenters. The number of anilines is 1. The highest BCUT2D eigenvalue weighted by Gasteiger charge is 2.23. The summed E-state index contributed by atoms with van der Waals surface area (Å²) < 4.78 is 10.7. The highest BCUT2D eigenvalue weighted by Crippen LogP contribution is 2.35. The first kappa shape index (κ1) is 22.3. The predicted molar refractivity (Wildman–Crippen MR) is 129 cm³/mol. The molecule has 0 spiro atoms. The molecule has 4 aromatic rings. The van der Waals surface area contributed by atoms with Gasteiger partial charge >= 0.3 is 0 Å². The Kier molecular flexibility index (Phi) is 6.60. The number of fused-ring (bicyclic) bond motifs is 1. The van der Waals surface area contributed by atoms with Gasteiger partial charge in [-0.1, -0.05) is 18.2 Å². The molecular weight excluding hydrogens is 440 g/mol. The number of aromatic nitrogens is 2. The van der Waals surface area contributed by atoms with Gasteiger partial charge in [0.15, 0.2) is 5.13 Å². The first-order chi connectivity index (χ1) is 16.0. The first-order valence-electron chi connectivity index (χ1n) is 10.3. The zero-order valence-electron chi connectivity index (χ0n) is 18.5. The Bertz CT molecular complexity index is 1300. The molecule has 2 heterocycles. The maximum atomic E-state index is 13.1. The van der Waals surface area contributed by atoms with Gasteiger partial charge in [0, 0.05) is 41.4 Å². The number of rotatable bonds is 8. The fraction of sp³-hybridized carbons (Fsp3) is 0.208. The summed E-state index contributed by atoms with van der Waals surface area (Å²) in [4.78, 5) is 32.6. The number of carbonyl (C=O) groups is 2. The molecule has 8 nitrogen and oxygen atoms in total. The van der Waals surface area contributed by atoms with Crippen molar-refractivity contribution in [1.82, 2.24) is 15.3 Å². The van der Waals surface area contributed by atoms with Gasteiger partial charge in [-0.15, -0.1) is 11.3 Å². The van der Waals surface area contributed by atoms with Crippen LogP contribution in [0.15, 0.2) is 54.0 Å². The molecule has 0 radical (unpaired) electrons. The normalized spacial score (nSPS) is 11.7. The summed E-state index contributed by atoms with van der Waals surface area (Å²) in [6.07, 6.45) is 2.21. The van der Waals surface area contributed by atoms with Crippen LogP contribution in [0.4, 0.5) is 5.13 Å². The monoisotopic (exact) mass is 464 g/mol. The van der Waals surface area contributed by atoms with Crippen LogP contribution in [0.5, 0.6) is 11.5 Å². The Morgan fingerprint density at radius 3 is 2.73 bits per heavy atom. The predicted octanol–water partition coefficient (Wildman–Crippen LogP) is 3.99. The maximum Gasteiger partial charge on any atom is 0.249 e. The number of H-pyrrole nitrogens is 1. The van der Waals surface area contributed by atoms with Crippen molar-refractivity contribution in [3.05, 3.63) is 59.6 Å². The SMILES string of the molecule is COc1ccc(OC)c(-c2csc(NC(=O)C(Cc3c[nH]c4ccccc34)NC(C)=O)n2)c1. The molecule has 0 saturated heterocycles. The number of amides is 2. The lowest BCUT2D eigenvalue weighted by molar-refractivity contribution is -0.125. The molecule has 2 aromatic heterocycles. The van der Waals surface area contributed by atoms with Crippen molar-refractivity contribution in [2.75, 3.05) is 19.5 Å². The van der Waals surface area contributed by atoms with Gasteiger partial charge in [0.2, 0.25) is 11.8 Å². The summed E-state index contributed by atoms with van der Waals surface area (Å²) in [6.45, 7) is 1.39. The number of aromatic amines is 1. The molecule has 0 bridgehead atoms. The summed E-state index contributed by atoms with van der Waals surface area (Å²) in [7, 11) is 3.18. The third-order valence-electron chi connectivity index (χ3n) is 5.21. The fourth-order valence-corrected chi connectivity index (χ4v) is 4.35. The van der Waals surface area contributed by atoms with Crippen molar-refractivity contribution < 1.29 is 19.1 Å². The lowest BCUT2D eigenvalue weighted by Gasteiger charge is -2.16. The van der Waals surface area contributed by atoms with Gasteiger partial charge in [-0.25, -0.2) is 4.98 Å². The Morgan fingerprint density at radius 2 is 1.97 bits per heavy atom. The van der Waals surface area contributed by atoms with Crippen LogP contribution in [0.2, 0.25) is 0 Å². The minimum atomic E-state index is -0.750. The molecule has 170 valence electrons. The second kappa shape index (κ2) is 9.74. The highest BCUT2D eigenvalue weighted by atomic mass is 32.1. The van der Waals surface area contributed by atoms with Crippen molar-refractivity contribution in [2.24, 2.45) is 0 Å². The lowest BCUT2D eigenvalue weighted by atomic mass is 10.0. The maximum absolute atomic E-state index is 13.1. The zero-order chi connectivity index (χ0) is 23.4. The Balaban J connectivity index is 1.54. The van der Waals surface area contributed by atoms with Crippen molar-refractivity contribution in [3.8, 4) is 22.8 Å². The molecule has 0 fully saturated rings. The molecule has 0 aliphatic carbocycles. The molecule has 0 aliphatic heterocycles. The molecule has 0 saturated carbocycles. The van der Waals surface area contributed by atoms with E-state index in [1.165, 1.54) is 18.3 Å². The van der Waals surface area contributed by atoms with Crippen LogP contribution in [0.3, 0.4) is 0 Å². The van der Waals surface area contributed by atoms with Gasteiger partial charge in [-0.3, -0.25) is 9.59 Å². The molecule has 0 aliphatic rings. The number of nitrogens with one attached hydrogen (secondary N) is 3. The highest BCUT2D eigenvalue weighted by molar-refractivity contribution is 7.14. The van der Waals surface area contributed by atoms with Crippen LogP contribution in [0, 0.1) is 0 Å². The number of methoxy groups -OCH3 is 2. The van der Waals surface area contributed by atoms with E-state index in [0.29, 0.717) is 28.7 Å². The summed E-state index contributed by atoms with van der Waals surface area (Å²) >= 11 is 1.29. The summed E-state index contributed by atoms with van der Waals surface area (Å²) in [5.74, 6) is 0.702. The average molecular weight is 465 g/mol. The molecule has 3 N–H and O–H groups in total. The smallest absolute Gasteiger partial charge is 0.249 e. The number of ether oxygens (including phenoxy) is 2. The summed E-state index contributed by atoms with van der Waals surface area (Å²) in [6, 6.07) is 12.5. The standard InChI is InChI=1S/C24H24N4O4S/c1-14(29)26-20(10-15-12-25-19-7-5-4-6-17(15)19)23(30)28-24-27-21(13-33-24)18-11-16(31-2)8-9-22(18)32-3/h4-9,11-13,20,25H,10H2,1-3H3,(H,26,29)(H,27,28,30). The largest absolute Gasteiger partial charge is 0.497 e. The average Bonchev–Trinajstić information content (AvgIpc) is 3.45. The van der Waals surface area contributed by atoms with E-state index in [2.05, 4.69) is 20.6 Å². The van der Waals surface area contributed by atoms with Gasteiger partial charge < -0.3 is 25.1 Å². The topological polar surface area (TPSA) is 105 Å².